The Kier molecular flexibility index (Phi) is 5.34. The molecule has 7 nitrogen and oxygen atoms in total. The number of nitrogens with zero attached hydrogens (tertiary/aromatic N) is 4. The molecular formula is C13H23N5O2. The van der Waals surface area contributed by atoms with Gasteiger partial charge < -0.3 is 20.1 Å². The van der Waals surface area contributed by atoms with Crippen LogP contribution in [0.3, 0.4) is 0 Å². The molecule has 2 heterocycles. The molecule has 7 heteroatoms. The summed E-state index contributed by atoms with van der Waals surface area (Å²) >= 11 is 0. The molecule has 0 spiro atoms. The normalized spacial score (nSPS) is 18.9. The number of piperidine rings is 1. The molecule has 0 aliphatic carbocycles. The van der Waals surface area contributed by atoms with E-state index in [2.05, 4.69) is 25.2 Å². The van der Waals surface area contributed by atoms with E-state index in [0.29, 0.717) is 24.5 Å². The largest absolute Gasteiger partial charge is 0.464 e. The number of hydrogen-bond acceptors (Lipinski definition) is 7. The molecule has 0 amide bonds. The summed E-state index contributed by atoms with van der Waals surface area (Å²) in [6, 6.07) is 0.630. The Morgan fingerprint density at radius 2 is 2.20 bits per heavy atom. The van der Waals surface area contributed by atoms with Gasteiger partial charge in [-0.3, -0.25) is 0 Å². The number of rotatable bonds is 6. The molecule has 1 atom stereocenters. The molecule has 112 valence electrons. The Hall–Kier alpha value is -1.63. The van der Waals surface area contributed by atoms with Gasteiger partial charge in [-0.2, -0.15) is 15.0 Å². The molecule has 0 saturated carbocycles. The van der Waals surface area contributed by atoms with Crippen LogP contribution in [0.5, 0.6) is 6.01 Å². The highest BCUT2D eigenvalue weighted by Gasteiger charge is 2.25. The summed E-state index contributed by atoms with van der Waals surface area (Å²) < 4.78 is 5.40. The van der Waals surface area contributed by atoms with E-state index in [1.807, 2.05) is 6.92 Å². The lowest BCUT2D eigenvalue weighted by Crippen LogP contribution is -2.41. The van der Waals surface area contributed by atoms with Gasteiger partial charge in [-0.1, -0.05) is 0 Å². The fourth-order valence-electron chi connectivity index (χ4n) is 2.49. The lowest BCUT2D eigenvalue weighted by molar-refractivity contribution is 0.261. The summed E-state index contributed by atoms with van der Waals surface area (Å²) in [6.45, 7) is 3.51. The van der Waals surface area contributed by atoms with E-state index < -0.39 is 0 Å². The van der Waals surface area contributed by atoms with E-state index in [0.717, 1.165) is 25.8 Å². The highest BCUT2D eigenvalue weighted by Crippen LogP contribution is 2.25. The first-order valence-corrected chi connectivity index (χ1v) is 7.22. The first kappa shape index (κ1) is 14.8. The van der Waals surface area contributed by atoms with Gasteiger partial charge in [0.25, 0.3) is 0 Å². The summed E-state index contributed by atoms with van der Waals surface area (Å²) in [7, 11) is 1.77. The van der Waals surface area contributed by atoms with Gasteiger partial charge in [0.05, 0.1) is 6.61 Å². The molecule has 1 aromatic rings. The number of aliphatic hydroxyl groups is 1. The van der Waals surface area contributed by atoms with Crippen molar-refractivity contribution in [1.29, 1.82) is 0 Å². The molecule has 1 saturated heterocycles. The van der Waals surface area contributed by atoms with Crippen LogP contribution in [0.15, 0.2) is 0 Å². The Morgan fingerprint density at radius 1 is 1.35 bits per heavy atom. The van der Waals surface area contributed by atoms with E-state index in [1.165, 1.54) is 6.42 Å². The van der Waals surface area contributed by atoms with Crippen molar-refractivity contribution in [2.75, 3.05) is 37.0 Å². The minimum atomic E-state index is 0.184. The number of hydrogen-bond donors (Lipinski definition) is 2. The highest BCUT2D eigenvalue weighted by atomic mass is 16.5. The van der Waals surface area contributed by atoms with Crippen LogP contribution in [-0.2, 0) is 0 Å². The summed E-state index contributed by atoms with van der Waals surface area (Å²) in [5.74, 6) is 1.14. The molecule has 0 aromatic carbocycles. The molecule has 0 radical (unpaired) electrons. The van der Waals surface area contributed by atoms with Crippen molar-refractivity contribution < 1.29 is 9.84 Å². The fourth-order valence-corrected chi connectivity index (χ4v) is 2.49. The Bertz CT molecular complexity index is 427. The maximum absolute atomic E-state index is 9.21. The minimum absolute atomic E-state index is 0.184. The molecule has 0 bridgehead atoms. The number of aromatic nitrogens is 3. The summed E-state index contributed by atoms with van der Waals surface area (Å²) in [5.41, 5.74) is 0. The number of anilines is 2. The lowest BCUT2D eigenvalue weighted by atomic mass is 10.0. The first-order valence-electron chi connectivity index (χ1n) is 7.22. The molecular weight excluding hydrogens is 258 g/mol. The summed E-state index contributed by atoms with van der Waals surface area (Å²) in [4.78, 5) is 15.1. The van der Waals surface area contributed by atoms with E-state index in [1.54, 1.807) is 7.05 Å². The molecule has 2 rings (SSSR count). The quantitative estimate of drug-likeness (QED) is 0.806. The number of nitrogens with one attached hydrogen (secondary N) is 1. The third-order valence-corrected chi connectivity index (χ3v) is 3.45. The van der Waals surface area contributed by atoms with Crippen molar-refractivity contribution in [2.24, 2.45) is 0 Å². The van der Waals surface area contributed by atoms with Gasteiger partial charge >= 0.3 is 6.01 Å². The standard InChI is InChI=1S/C13H23N5O2/c1-3-20-13-16-11(14-2)15-12(17-13)18-8-5-4-6-10(18)7-9-19/h10,19H,3-9H2,1-2H3,(H,14,15,16,17). The van der Waals surface area contributed by atoms with Crippen molar-refractivity contribution in [3.63, 3.8) is 0 Å². The van der Waals surface area contributed by atoms with Crippen LogP contribution < -0.4 is 15.0 Å². The van der Waals surface area contributed by atoms with Gasteiger partial charge in [0.1, 0.15) is 0 Å². The van der Waals surface area contributed by atoms with Crippen molar-refractivity contribution in [3.8, 4) is 6.01 Å². The van der Waals surface area contributed by atoms with E-state index in [-0.39, 0.29) is 12.6 Å². The van der Waals surface area contributed by atoms with E-state index >= 15 is 0 Å². The van der Waals surface area contributed by atoms with Crippen LogP contribution in [0.4, 0.5) is 11.9 Å². The average Bonchev–Trinajstić information content (AvgIpc) is 2.48. The van der Waals surface area contributed by atoms with Gasteiger partial charge in [0.2, 0.25) is 11.9 Å². The second-order valence-corrected chi connectivity index (χ2v) is 4.78. The molecule has 1 aliphatic heterocycles. The van der Waals surface area contributed by atoms with Crippen LogP contribution in [-0.4, -0.2) is 52.9 Å². The second-order valence-electron chi connectivity index (χ2n) is 4.78. The van der Waals surface area contributed by atoms with Crippen LogP contribution >= 0.6 is 0 Å². The lowest BCUT2D eigenvalue weighted by Gasteiger charge is -2.35. The Morgan fingerprint density at radius 3 is 2.90 bits per heavy atom. The predicted molar refractivity (Wildman–Crippen MR) is 77.2 cm³/mol. The Balaban J connectivity index is 2.26. The van der Waals surface area contributed by atoms with Gasteiger partial charge in [-0.25, -0.2) is 0 Å². The molecule has 1 unspecified atom stereocenters. The second kappa shape index (κ2) is 7.23. The van der Waals surface area contributed by atoms with E-state index in [4.69, 9.17) is 4.74 Å². The first-order chi connectivity index (χ1) is 9.78. The number of ether oxygens (including phenoxy) is 1. The smallest absolute Gasteiger partial charge is 0.323 e. The van der Waals surface area contributed by atoms with Gasteiger partial charge in [0.15, 0.2) is 0 Å². The van der Waals surface area contributed by atoms with Gasteiger partial charge in [-0.15, -0.1) is 0 Å². The molecule has 2 N–H and O–H groups in total. The van der Waals surface area contributed by atoms with Crippen LogP contribution in [0.1, 0.15) is 32.6 Å². The van der Waals surface area contributed by atoms with E-state index in [9.17, 15) is 5.11 Å². The maximum Gasteiger partial charge on any atom is 0.323 e. The van der Waals surface area contributed by atoms with Crippen LogP contribution in [0.2, 0.25) is 0 Å². The molecule has 1 aliphatic rings. The van der Waals surface area contributed by atoms with Crippen molar-refractivity contribution in [2.45, 2.75) is 38.6 Å². The molecule has 20 heavy (non-hydrogen) atoms. The van der Waals surface area contributed by atoms with Crippen LogP contribution in [0.25, 0.3) is 0 Å². The van der Waals surface area contributed by atoms with Gasteiger partial charge in [-0.05, 0) is 32.6 Å². The average molecular weight is 281 g/mol. The van der Waals surface area contributed by atoms with Crippen molar-refractivity contribution >= 4 is 11.9 Å². The SMILES string of the molecule is CCOc1nc(NC)nc(N2CCCCC2CCO)n1. The maximum atomic E-state index is 9.21. The fraction of sp³-hybridized carbons (Fsp3) is 0.769. The number of aliphatic hydroxyl groups excluding tert-OH is 1. The minimum Gasteiger partial charge on any atom is -0.464 e. The Labute approximate surface area is 119 Å². The topological polar surface area (TPSA) is 83.4 Å². The third kappa shape index (κ3) is 3.47. The zero-order chi connectivity index (χ0) is 14.4. The summed E-state index contributed by atoms with van der Waals surface area (Å²) in [5, 5.41) is 12.1. The third-order valence-electron chi connectivity index (χ3n) is 3.45. The van der Waals surface area contributed by atoms with Crippen LogP contribution in [0, 0.1) is 0 Å². The van der Waals surface area contributed by atoms with Crippen molar-refractivity contribution in [1.82, 2.24) is 15.0 Å². The zero-order valence-electron chi connectivity index (χ0n) is 12.2. The van der Waals surface area contributed by atoms with Gasteiger partial charge in [0, 0.05) is 26.2 Å². The monoisotopic (exact) mass is 281 g/mol. The van der Waals surface area contributed by atoms with Crippen molar-refractivity contribution in [3.05, 3.63) is 0 Å². The molecule has 1 aromatic heterocycles. The molecule has 1 fully saturated rings. The zero-order valence-corrected chi connectivity index (χ0v) is 12.2. The highest BCUT2D eigenvalue weighted by molar-refractivity contribution is 5.39. The summed E-state index contributed by atoms with van der Waals surface area (Å²) in [6.07, 6.45) is 4.10. The predicted octanol–water partition coefficient (Wildman–Crippen LogP) is 1.05.